The van der Waals surface area contributed by atoms with Gasteiger partial charge in [0.1, 0.15) is 6.42 Å². The minimum atomic E-state index is -0.229. The molecule has 21 heavy (non-hydrogen) atoms. The normalized spacial score (nSPS) is 15.4. The van der Waals surface area contributed by atoms with Gasteiger partial charge >= 0.3 is 0 Å². The Morgan fingerprint density at radius 3 is 2.33 bits per heavy atom. The standard InChI is InChI=1S/C17H24N2O2/c1-13-7-8-15(11-14(13)2)18-16(20)12-17(21)19-9-5-3-4-6-10-19/h7-8,11H,3-6,9-10,12H2,1-2H3,(H,18,20). The Kier molecular flexibility index (Phi) is 5.37. The van der Waals surface area contributed by atoms with Gasteiger partial charge in [-0.25, -0.2) is 0 Å². The van der Waals surface area contributed by atoms with E-state index in [1.54, 1.807) is 0 Å². The van der Waals surface area contributed by atoms with Crippen molar-refractivity contribution < 1.29 is 9.59 Å². The van der Waals surface area contributed by atoms with E-state index >= 15 is 0 Å². The lowest BCUT2D eigenvalue weighted by Gasteiger charge is -2.20. The van der Waals surface area contributed by atoms with Crippen LogP contribution in [0.2, 0.25) is 0 Å². The zero-order valence-corrected chi connectivity index (χ0v) is 12.9. The molecule has 0 atom stereocenters. The number of rotatable bonds is 3. The van der Waals surface area contributed by atoms with Crippen molar-refractivity contribution in [3.05, 3.63) is 29.3 Å². The van der Waals surface area contributed by atoms with Crippen LogP contribution in [-0.2, 0) is 9.59 Å². The molecule has 1 aromatic carbocycles. The first-order valence-electron chi connectivity index (χ1n) is 7.71. The lowest BCUT2D eigenvalue weighted by molar-refractivity contribution is -0.134. The predicted molar refractivity (Wildman–Crippen MR) is 84.2 cm³/mol. The zero-order valence-electron chi connectivity index (χ0n) is 12.9. The summed E-state index contributed by atoms with van der Waals surface area (Å²) in [6, 6.07) is 5.78. The molecular formula is C17H24N2O2. The molecule has 1 fully saturated rings. The summed E-state index contributed by atoms with van der Waals surface area (Å²) >= 11 is 0. The van der Waals surface area contributed by atoms with E-state index in [9.17, 15) is 9.59 Å². The fourth-order valence-electron chi connectivity index (χ4n) is 2.59. The van der Waals surface area contributed by atoms with Gasteiger partial charge in [-0.2, -0.15) is 0 Å². The van der Waals surface area contributed by atoms with Crippen LogP contribution >= 0.6 is 0 Å². The second kappa shape index (κ2) is 7.25. The number of anilines is 1. The highest BCUT2D eigenvalue weighted by molar-refractivity contribution is 6.03. The Hall–Kier alpha value is -1.84. The Morgan fingerprint density at radius 1 is 1.05 bits per heavy atom. The molecule has 1 aliphatic rings. The summed E-state index contributed by atoms with van der Waals surface area (Å²) in [5, 5.41) is 2.81. The second-order valence-corrected chi connectivity index (χ2v) is 5.82. The summed E-state index contributed by atoms with van der Waals surface area (Å²) in [7, 11) is 0. The SMILES string of the molecule is Cc1ccc(NC(=O)CC(=O)N2CCCCCC2)cc1C. The number of benzene rings is 1. The highest BCUT2D eigenvalue weighted by Crippen LogP contribution is 2.15. The molecule has 2 amide bonds. The van der Waals surface area contributed by atoms with Crippen LogP contribution < -0.4 is 5.32 Å². The Labute approximate surface area is 126 Å². The maximum absolute atomic E-state index is 12.1. The predicted octanol–water partition coefficient (Wildman–Crippen LogP) is 3.03. The van der Waals surface area contributed by atoms with Crippen molar-refractivity contribution >= 4 is 17.5 Å². The maximum Gasteiger partial charge on any atom is 0.233 e. The number of aryl methyl sites for hydroxylation is 2. The number of carbonyl (C=O) groups excluding carboxylic acids is 2. The number of hydrogen-bond acceptors (Lipinski definition) is 2. The summed E-state index contributed by atoms with van der Waals surface area (Å²) in [5.41, 5.74) is 3.08. The van der Waals surface area contributed by atoms with E-state index in [1.165, 1.54) is 18.4 Å². The van der Waals surface area contributed by atoms with Gasteiger partial charge in [-0.1, -0.05) is 18.9 Å². The van der Waals surface area contributed by atoms with Gasteiger partial charge in [-0.15, -0.1) is 0 Å². The van der Waals surface area contributed by atoms with Gasteiger partial charge < -0.3 is 10.2 Å². The Bertz CT molecular complexity index is 518. The van der Waals surface area contributed by atoms with Gasteiger partial charge in [0.2, 0.25) is 11.8 Å². The van der Waals surface area contributed by atoms with Crippen LogP contribution in [0.25, 0.3) is 0 Å². The van der Waals surface area contributed by atoms with Crippen molar-refractivity contribution in [2.24, 2.45) is 0 Å². The van der Waals surface area contributed by atoms with E-state index < -0.39 is 0 Å². The van der Waals surface area contributed by atoms with Crippen molar-refractivity contribution in [3.8, 4) is 0 Å². The van der Waals surface area contributed by atoms with E-state index in [-0.39, 0.29) is 18.2 Å². The molecule has 1 saturated heterocycles. The maximum atomic E-state index is 12.1. The topological polar surface area (TPSA) is 49.4 Å². The van der Waals surface area contributed by atoms with E-state index in [0.717, 1.165) is 37.2 Å². The first kappa shape index (κ1) is 15.5. The molecule has 0 unspecified atom stereocenters. The van der Waals surface area contributed by atoms with Crippen molar-refractivity contribution in [2.45, 2.75) is 46.0 Å². The first-order valence-corrected chi connectivity index (χ1v) is 7.71. The number of hydrogen-bond donors (Lipinski definition) is 1. The zero-order chi connectivity index (χ0) is 15.2. The van der Waals surface area contributed by atoms with E-state index in [1.807, 2.05) is 36.9 Å². The lowest BCUT2D eigenvalue weighted by Crippen LogP contribution is -2.34. The van der Waals surface area contributed by atoms with E-state index in [0.29, 0.717) is 0 Å². The highest BCUT2D eigenvalue weighted by atomic mass is 16.2. The van der Waals surface area contributed by atoms with Gasteiger partial charge in [0.05, 0.1) is 0 Å². The lowest BCUT2D eigenvalue weighted by atomic mass is 10.1. The summed E-state index contributed by atoms with van der Waals surface area (Å²) in [5.74, 6) is -0.286. The third-order valence-electron chi connectivity index (χ3n) is 4.06. The van der Waals surface area contributed by atoms with E-state index in [4.69, 9.17) is 0 Å². The third kappa shape index (κ3) is 4.59. The first-order chi connectivity index (χ1) is 10.1. The van der Waals surface area contributed by atoms with Crippen molar-refractivity contribution in [1.82, 2.24) is 4.90 Å². The molecule has 0 spiro atoms. The van der Waals surface area contributed by atoms with Crippen molar-refractivity contribution in [2.75, 3.05) is 18.4 Å². The fourth-order valence-corrected chi connectivity index (χ4v) is 2.59. The molecule has 0 aliphatic carbocycles. The van der Waals surface area contributed by atoms with Gasteiger partial charge in [0.15, 0.2) is 0 Å². The molecule has 1 aliphatic heterocycles. The third-order valence-corrected chi connectivity index (χ3v) is 4.06. The smallest absolute Gasteiger partial charge is 0.233 e. The molecule has 1 N–H and O–H groups in total. The van der Waals surface area contributed by atoms with Crippen LogP contribution in [0.1, 0.15) is 43.2 Å². The van der Waals surface area contributed by atoms with Gasteiger partial charge in [-0.05, 0) is 49.9 Å². The molecule has 0 aromatic heterocycles. The fraction of sp³-hybridized carbons (Fsp3) is 0.529. The van der Waals surface area contributed by atoms with Crippen LogP contribution in [0.4, 0.5) is 5.69 Å². The Balaban J connectivity index is 1.88. The minimum Gasteiger partial charge on any atom is -0.342 e. The van der Waals surface area contributed by atoms with Gasteiger partial charge in [-0.3, -0.25) is 9.59 Å². The van der Waals surface area contributed by atoms with Crippen LogP contribution in [0.15, 0.2) is 18.2 Å². The van der Waals surface area contributed by atoms with Crippen LogP contribution in [-0.4, -0.2) is 29.8 Å². The monoisotopic (exact) mass is 288 g/mol. The molecule has 2 rings (SSSR count). The van der Waals surface area contributed by atoms with Gasteiger partial charge in [0.25, 0.3) is 0 Å². The summed E-state index contributed by atoms with van der Waals surface area (Å²) in [4.78, 5) is 26.0. The molecule has 1 heterocycles. The second-order valence-electron chi connectivity index (χ2n) is 5.82. The van der Waals surface area contributed by atoms with Crippen LogP contribution in [0, 0.1) is 13.8 Å². The van der Waals surface area contributed by atoms with Crippen LogP contribution in [0.3, 0.4) is 0 Å². The minimum absolute atomic E-state index is 0.0572. The molecule has 0 saturated carbocycles. The summed E-state index contributed by atoms with van der Waals surface area (Å²) in [6.07, 6.45) is 4.39. The molecule has 4 heteroatoms. The highest BCUT2D eigenvalue weighted by Gasteiger charge is 2.18. The molecule has 0 radical (unpaired) electrons. The van der Waals surface area contributed by atoms with Gasteiger partial charge in [0, 0.05) is 18.8 Å². The quantitative estimate of drug-likeness (QED) is 0.869. The average Bonchev–Trinajstić information content (AvgIpc) is 2.72. The molecule has 1 aromatic rings. The van der Waals surface area contributed by atoms with Crippen molar-refractivity contribution in [3.63, 3.8) is 0 Å². The van der Waals surface area contributed by atoms with E-state index in [2.05, 4.69) is 5.32 Å². The number of likely N-dealkylation sites (tertiary alicyclic amines) is 1. The van der Waals surface area contributed by atoms with Crippen molar-refractivity contribution in [1.29, 1.82) is 0 Å². The summed E-state index contributed by atoms with van der Waals surface area (Å²) < 4.78 is 0. The Morgan fingerprint density at radius 2 is 1.71 bits per heavy atom. The number of carbonyl (C=O) groups is 2. The molecule has 0 bridgehead atoms. The van der Waals surface area contributed by atoms with Crippen LogP contribution in [0.5, 0.6) is 0 Å². The summed E-state index contributed by atoms with van der Waals surface area (Å²) in [6.45, 7) is 5.61. The molecule has 114 valence electrons. The number of amides is 2. The molecular weight excluding hydrogens is 264 g/mol. The molecule has 4 nitrogen and oxygen atoms in total. The average molecular weight is 288 g/mol. The largest absolute Gasteiger partial charge is 0.342 e. The number of nitrogens with one attached hydrogen (secondary N) is 1. The number of nitrogens with zero attached hydrogens (tertiary/aromatic N) is 1.